The zero-order valence-electron chi connectivity index (χ0n) is 11.7. The standard InChI is InChI=1S/C13H25N3O/c1-11(9-17-5)8-16-10-14-6-12(16)7-15-13(2,3)4/h6,10-11,15H,7-9H2,1-5H3. The molecule has 98 valence electrons. The molecule has 0 fully saturated rings. The number of ether oxygens (including phenoxy) is 1. The number of hydrogen-bond donors (Lipinski definition) is 1. The van der Waals surface area contributed by atoms with Crippen LogP contribution in [0.5, 0.6) is 0 Å². The van der Waals surface area contributed by atoms with Crippen molar-refractivity contribution >= 4 is 0 Å². The van der Waals surface area contributed by atoms with Crippen LogP contribution >= 0.6 is 0 Å². The maximum Gasteiger partial charge on any atom is 0.0948 e. The van der Waals surface area contributed by atoms with Crippen LogP contribution in [0.2, 0.25) is 0 Å². The third-order valence-electron chi connectivity index (χ3n) is 2.56. The zero-order chi connectivity index (χ0) is 12.9. The second-order valence-electron chi connectivity index (χ2n) is 5.70. The van der Waals surface area contributed by atoms with Crippen molar-refractivity contribution in [1.82, 2.24) is 14.9 Å². The van der Waals surface area contributed by atoms with Crippen molar-refractivity contribution in [2.24, 2.45) is 5.92 Å². The summed E-state index contributed by atoms with van der Waals surface area (Å²) < 4.78 is 7.35. The van der Waals surface area contributed by atoms with Crippen molar-refractivity contribution in [2.45, 2.75) is 46.3 Å². The first-order valence-corrected chi connectivity index (χ1v) is 6.15. The second kappa shape index (κ2) is 6.17. The quantitative estimate of drug-likeness (QED) is 0.826. The van der Waals surface area contributed by atoms with Gasteiger partial charge in [-0.2, -0.15) is 0 Å². The minimum absolute atomic E-state index is 0.132. The van der Waals surface area contributed by atoms with Crippen LogP contribution in [0.1, 0.15) is 33.4 Å². The van der Waals surface area contributed by atoms with Crippen LogP contribution in [0.15, 0.2) is 12.5 Å². The van der Waals surface area contributed by atoms with E-state index in [-0.39, 0.29) is 5.54 Å². The van der Waals surface area contributed by atoms with Crippen molar-refractivity contribution in [1.29, 1.82) is 0 Å². The summed E-state index contributed by atoms with van der Waals surface area (Å²) in [7, 11) is 1.74. The van der Waals surface area contributed by atoms with Gasteiger partial charge in [0, 0.05) is 31.9 Å². The molecule has 1 N–H and O–H groups in total. The van der Waals surface area contributed by atoms with Gasteiger partial charge in [0.25, 0.3) is 0 Å². The minimum atomic E-state index is 0.132. The lowest BCUT2D eigenvalue weighted by Crippen LogP contribution is -2.35. The molecule has 0 aliphatic carbocycles. The Hall–Kier alpha value is -0.870. The monoisotopic (exact) mass is 239 g/mol. The summed E-state index contributed by atoms with van der Waals surface area (Å²) in [5.74, 6) is 0.502. The largest absolute Gasteiger partial charge is 0.384 e. The van der Waals surface area contributed by atoms with E-state index in [1.165, 1.54) is 5.69 Å². The maximum atomic E-state index is 5.16. The fourth-order valence-corrected chi connectivity index (χ4v) is 1.69. The molecule has 4 heteroatoms. The van der Waals surface area contributed by atoms with Crippen LogP contribution in [0.25, 0.3) is 0 Å². The Labute approximate surface area is 104 Å². The first-order chi connectivity index (χ1) is 7.92. The SMILES string of the molecule is COCC(C)Cn1cncc1CNC(C)(C)C. The molecule has 17 heavy (non-hydrogen) atoms. The number of imidazole rings is 1. The Morgan fingerprint density at radius 2 is 2.18 bits per heavy atom. The minimum Gasteiger partial charge on any atom is -0.384 e. The molecule has 0 saturated carbocycles. The average molecular weight is 239 g/mol. The Bertz CT molecular complexity index is 328. The van der Waals surface area contributed by atoms with Gasteiger partial charge in [-0.15, -0.1) is 0 Å². The van der Waals surface area contributed by atoms with E-state index in [0.29, 0.717) is 5.92 Å². The van der Waals surface area contributed by atoms with Crippen molar-refractivity contribution in [3.63, 3.8) is 0 Å². The second-order valence-corrected chi connectivity index (χ2v) is 5.70. The lowest BCUT2D eigenvalue weighted by Gasteiger charge is -2.21. The topological polar surface area (TPSA) is 39.1 Å². The lowest BCUT2D eigenvalue weighted by molar-refractivity contribution is 0.151. The van der Waals surface area contributed by atoms with E-state index < -0.39 is 0 Å². The molecule has 0 aliphatic heterocycles. The van der Waals surface area contributed by atoms with Gasteiger partial charge in [-0.3, -0.25) is 0 Å². The van der Waals surface area contributed by atoms with Gasteiger partial charge in [-0.1, -0.05) is 6.92 Å². The summed E-state index contributed by atoms with van der Waals surface area (Å²) >= 11 is 0. The number of hydrogen-bond acceptors (Lipinski definition) is 3. The first kappa shape index (κ1) is 14.2. The number of methoxy groups -OCH3 is 1. The molecule has 0 aromatic carbocycles. The molecule has 0 saturated heterocycles. The van der Waals surface area contributed by atoms with Crippen LogP contribution in [-0.2, 0) is 17.8 Å². The molecule has 0 bridgehead atoms. The van der Waals surface area contributed by atoms with Gasteiger partial charge in [0.1, 0.15) is 0 Å². The molecule has 1 atom stereocenters. The highest BCUT2D eigenvalue weighted by Crippen LogP contribution is 2.07. The number of nitrogens with one attached hydrogen (secondary N) is 1. The Balaban J connectivity index is 2.54. The van der Waals surface area contributed by atoms with Crippen LogP contribution in [0.3, 0.4) is 0 Å². The molecule has 1 unspecified atom stereocenters. The van der Waals surface area contributed by atoms with E-state index >= 15 is 0 Å². The van der Waals surface area contributed by atoms with Gasteiger partial charge in [0.05, 0.1) is 18.6 Å². The van der Waals surface area contributed by atoms with E-state index in [2.05, 4.69) is 42.6 Å². The van der Waals surface area contributed by atoms with Gasteiger partial charge in [0.2, 0.25) is 0 Å². The number of nitrogens with zero attached hydrogens (tertiary/aromatic N) is 2. The predicted molar refractivity (Wildman–Crippen MR) is 69.9 cm³/mol. The predicted octanol–water partition coefficient (Wildman–Crippen LogP) is 2.05. The zero-order valence-corrected chi connectivity index (χ0v) is 11.7. The lowest BCUT2D eigenvalue weighted by atomic mass is 10.1. The fraction of sp³-hybridized carbons (Fsp3) is 0.769. The maximum absolute atomic E-state index is 5.16. The average Bonchev–Trinajstić information content (AvgIpc) is 2.61. The molecule has 0 amide bonds. The van der Waals surface area contributed by atoms with E-state index in [1.807, 2.05) is 12.5 Å². The molecule has 4 nitrogen and oxygen atoms in total. The van der Waals surface area contributed by atoms with Gasteiger partial charge in [0.15, 0.2) is 0 Å². The summed E-state index contributed by atoms with van der Waals surface area (Å²) in [6.45, 7) is 11.3. The van der Waals surface area contributed by atoms with Crippen LogP contribution < -0.4 is 5.32 Å². The third-order valence-corrected chi connectivity index (χ3v) is 2.56. The Morgan fingerprint density at radius 1 is 1.47 bits per heavy atom. The molecule has 0 aliphatic rings. The van der Waals surface area contributed by atoms with Crippen molar-refractivity contribution in [2.75, 3.05) is 13.7 Å². The van der Waals surface area contributed by atoms with Crippen molar-refractivity contribution < 1.29 is 4.74 Å². The third kappa shape index (κ3) is 5.33. The summed E-state index contributed by atoms with van der Waals surface area (Å²) in [6.07, 6.45) is 3.82. The van der Waals surface area contributed by atoms with Crippen molar-refractivity contribution in [3.8, 4) is 0 Å². The van der Waals surface area contributed by atoms with E-state index in [9.17, 15) is 0 Å². The molecule has 1 aromatic heterocycles. The molecule has 0 spiro atoms. The normalized spacial score (nSPS) is 13.9. The van der Waals surface area contributed by atoms with Gasteiger partial charge >= 0.3 is 0 Å². The Morgan fingerprint density at radius 3 is 2.76 bits per heavy atom. The Kier molecular flexibility index (Phi) is 5.15. The summed E-state index contributed by atoms with van der Waals surface area (Å²) in [5.41, 5.74) is 1.36. The highest BCUT2D eigenvalue weighted by molar-refractivity contribution is 4.99. The molecule has 1 heterocycles. The van der Waals surface area contributed by atoms with Gasteiger partial charge in [-0.05, 0) is 26.7 Å². The fourth-order valence-electron chi connectivity index (χ4n) is 1.69. The van der Waals surface area contributed by atoms with E-state index in [0.717, 1.165) is 19.7 Å². The number of rotatable bonds is 6. The summed E-state index contributed by atoms with van der Waals surface area (Å²) in [4.78, 5) is 4.22. The van der Waals surface area contributed by atoms with Crippen LogP contribution in [0.4, 0.5) is 0 Å². The van der Waals surface area contributed by atoms with Crippen LogP contribution in [0, 0.1) is 5.92 Å². The smallest absolute Gasteiger partial charge is 0.0948 e. The molecular formula is C13H25N3O. The van der Waals surface area contributed by atoms with Gasteiger partial charge in [-0.25, -0.2) is 4.98 Å². The van der Waals surface area contributed by atoms with E-state index in [1.54, 1.807) is 7.11 Å². The molecular weight excluding hydrogens is 214 g/mol. The highest BCUT2D eigenvalue weighted by Gasteiger charge is 2.11. The summed E-state index contributed by atoms with van der Waals surface area (Å²) in [6, 6.07) is 0. The van der Waals surface area contributed by atoms with Gasteiger partial charge < -0.3 is 14.6 Å². The van der Waals surface area contributed by atoms with E-state index in [4.69, 9.17) is 4.74 Å². The summed E-state index contributed by atoms with van der Waals surface area (Å²) in [5, 5.41) is 3.48. The number of aromatic nitrogens is 2. The molecule has 0 radical (unpaired) electrons. The molecule has 1 aromatic rings. The highest BCUT2D eigenvalue weighted by atomic mass is 16.5. The van der Waals surface area contributed by atoms with Crippen molar-refractivity contribution in [3.05, 3.63) is 18.2 Å². The first-order valence-electron chi connectivity index (χ1n) is 6.15. The van der Waals surface area contributed by atoms with Crippen LogP contribution in [-0.4, -0.2) is 28.8 Å². The molecule has 1 rings (SSSR count).